The van der Waals surface area contributed by atoms with Crippen molar-refractivity contribution in [2.45, 2.75) is 51.1 Å². The SMILES string of the molecule is O=c1oc2c(CN3C[C@H]4C[C@@H](C3)c3cccc(=O)n3C4)c(O)ccc2c2c1CCCC2. The zero-order valence-corrected chi connectivity index (χ0v) is 17.5. The van der Waals surface area contributed by atoms with Gasteiger partial charge in [-0.3, -0.25) is 9.69 Å². The van der Waals surface area contributed by atoms with E-state index < -0.39 is 0 Å². The fraction of sp³-hybridized carbons (Fsp3) is 0.440. The van der Waals surface area contributed by atoms with Crippen LogP contribution < -0.4 is 11.2 Å². The monoisotopic (exact) mass is 418 g/mol. The molecule has 6 nitrogen and oxygen atoms in total. The zero-order chi connectivity index (χ0) is 21.1. The molecule has 2 aliphatic heterocycles. The first-order chi connectivity index (χ1) is 15.1. The summed E-state index contributed by atoms with van der Waals surface area (Å²) < 4.78 is 7.72. The van der Waals surface area contributed by atoms with Gasteiger partial charge in [0, 0.05) is 54.8 Å². The number of rotatable bonds is 2. The lowest BCUT2D eigenvalue weighted by Gasteiger charge is -2.42. The van der Waals surface area contributed by atoms with Gasteiger partial charge in [-0.15, -0.1) is 0 Å². The Labute approximate surface area is 179 Å². The first-order valence-corrected chi connectivity index (χ1v) is 11.3. The smallest absolute Gasteiger partial charge is 0.339 e. The van der Waals surface area contributed by atoms with Crippen molar-refractivity contribution >= 4 is 11.0 Å². The largest absolute Gasteiger partial charge is 0.507 e. The van der Waals surface area contributed by atoms with Crippen molar-refractivity contribution in [3.05, 3.63) is 73.5 Å². The average Bonchev–Trinajstić information content (AvgIpc) is 2.77. The molecule has 1 N–H and O–H groups in total. The third-order valence-electron chi connectivity index (χ3n) is 7.41. The molecule has 3 aromatic rings. The normalized spacial score (nSPS) is 22.8. The van der Waals surface area contributed by atoms with Crippen LogP contribution in [-0.4, -0.2) is 27.7 Å². The Morgan fingerprint density at radius 1 is 1.00 bits per heavy atom. The van der Waals surface area contributed by atoms with Crippen molar-refractivity contribution in [1.29, 1.82) is 0 Å². The molecule has 0 unspecified atom stereocenters. The van der Waals surface area contributed by atoms with Gasteiger partial charge >= 0.3 is 5.63 Å². The van der Waals surface area contributed by atoms with Gasteiger partial charge in [0.1, 0.15) is 11.3 Å². The van der Waals surface area contributed by atoms with Crippen LogP contribution in [0.4, 0.5) is 0 Å². The third kappa shape index (κ3) is 3.04. The maximum Gasteiger partial charge on any atom is 0.339 e. The molecule has 0 radical (unpaired) electrons. The molecule has 3 aliphatic rings. The van der Waals surface area contributed by atoms with Crippen molar-refractivity contribution in [1.82, 2.24) is 9.47 Å². The quantitative estimate of drug-likeness (QED) is 0.647. The fourth-order valence-electron chi connectivity index (χ4n) is 6.05. The minimum Gasteiger partial charge on any atom is -0.507 e. The Morgan fingerprint density at radius 3 is 2.71 bits per heavy atom. The first-order valence-electron chi connectivity index (χ1n) is 11.3. The molecule has 160 valence electrons. The van der Waals surface area contributed by atoms with E-state index in [1.807, 2.05) is 16.7 Å². The molecule has 1 aromatic carbocycles. The maximum absolute atomic E-state index is 12.7. The van der Waals surface area contributed by atoms with Gasteiger partial charge in [-0.2, -0.15) is 0 Å². The first kappa shape index (κ1) is 18.9. The van der Waals surface area contributed by atoms with E-state index in [2.05, 4.69) is 11.0 Å². The number of likely N-dealkylation sites (tertiary alicyclic amines) is 1. The number of aromatic hydroxyl groups is 1. The summed E-state index contributed by atoms with van der Waals surface area (Å²) in [4.78, 5) is 27.3. The predicted octanol–water partition coefficient (Wildman–Crippen LogP) is 3.16. The van der Waals surface area contributed by atoms with Gasteiger partial charge in [-0.1, -0.05) is 6.07 Å². The number of hydrogen-bond acceptors (Lipinski definition) is 5. The molecule has 2 aromatic heterocycles. The van der Waals surface area contributed by atoms with Crippen molar-refractivity contribution in [3.8, 4) is 5.75 Å². The Hall–Kier alpha value is -2.86. The molecule has 6 heteroatoms. The van der Waals surface area contributed by atoms with E-state index >= 15 is 0 Å². The molecule has 0 spiro atoms. The van der Waals surface area contributed by atoms with Crippen LogP contribution in [0.5, 0.6) is 5.75 Å². The molecule has 1 aliphatic carbocycles. The molecule has 0 saturated carbocycles. The highest BCUT2D eigenvalue weighted by atomic mass is 16.4. The molecular formula is C25H26N2O4. The van der Waals surface area contributed by atoms with Crippen LogP contribution in [-0.2, 0) is 25.9 Å². The summed E-state index contributed by atoms with van der Waals surface area (Å²) in [6.07, 6.45) is 4.86. The molecule has 4 heterocycles. The molecule has 0 amide bonds. The van der Waals surface area contributed by atoms with Crippen molar-refractivity contribution in [3.63, 3.8) is 0 Å². The highest BCUT2D eigenvalue weighted by Crippen LogP contribution is 2.38. The van der Waals surface area contributed by atoms with Gasteiger partial charge < -0.3 is 14.1 Å². The van der Waals surface area contributed by atoms with Crippen molar-refractivity contribution in [2.24, 2.45) is 5.92 Å². The number of nitrogens with zero attached hydrogens (tertiary/aromatic N) is 2. The molecule has 1 fully saturated rings. The van der Waals surface area contributed by atoms with Crippen molar-refractivity contribution in [2.75, 3.05) is 13.1 Å². The van der Waals surface area contributed by atoms with Crippen LogP contribution in [0.2, 0.25) is 0 Å². The lowest BCUT2D eigenvalue weighted by atomic mass is 9.83. The van der Waals surface area contributed by atoms with Crippen molar-refractivity contribution < 1.29 is 9.52 Å². The predicted molar refractivity (Wildman–Crippen MR) is 118 cm³/mol. The van der Waals surface area contributed by atoms with Crippen LogP contribution >= 0.6 is 0 Å². The van der Waals surface area contributed by atoms with E-state index in [1.54, 1.807) is 12.1 Å². The summed E-state index contributed by atoms with van der Waals surface area (Å²) in [5.41, 5.74) is 4.09. The molecule has 2 bridgehead atoms. The van der Waals surface area contributed by atoms with Crippen LogP contribution in [0.3, 0.4) is 0 Å². The lowest BCUT2D eigenvalue weighted by Crippen LogP contribution is -2.46. The minimum absolute atomic E-state index is 0.0823. The zero-order valence-electron chi connectivity index (χ0n) is 17.5. The van der Waals surface area contributed by atoms with Crippen LogP contribution in [0.25, 0.3) is 11.0 Å². The molecular weight excluding hydrogens is 392 g/mol. The second kappa shape index (κ2) is 7.09. The number of phenolic OH excluding ortho intramolecular Hbond substituents is 1. The topological polar surface area (TPSA) is 75.7 Å². The summed E-state index contributed by atoms with van der Waals surface area (Å²) in [6.45, 7) is 2.97. The van der Waals surface area contributed by atoms with Crippen LogP contribution in [0.1, 0.15) is 47.6 Å². The Morgan fingerprint density at radius 2 is 1.84 bits per heavy atom. The summed E-state index contributed by atoms with van der Waals surface area (Å²) in [6, 6.07) is 9.19. The highest BCUT2D eigenvalue weighted by Gasteiger charge is 2.35. The highest BCUT2D eigenvalue weighted by molar-refractivity contribution is 5.86. The van der Waals surface area contributed by atoms with Crippen LogP contribution in [0.15, 0.2) is 44.3 Å². The lowest BCUT2D eigenvalue weighted by molar-refractivity contribution is 0.113. The molecule has 1 saturated heterocycles. The van der Waals surface area contributed by atoms with E-state index in [0.29, 0.717) is 29.5 Å². The number of hydrogen-bond donors (Lipinski definition) is 1. The number of piperidine rings is 1. The number of aryl methyl sites for hydroxylation is 1. The average molecular weight is 418 g/mol. The van der Waals surface area contributed by atoms with E-state index in [-0.39, 0.29) is 16.9 Å². The number of aromatic nitrogens is 1. The van der Waals surface area contributed by atoms with Gasteiger partial charge in [-0.05, 0) is 61.8 Å². The minimum atomic E-state index is -0.252. The summed E-state index contributed by atoms with van der Waals surface area (Å²) in [7, 11) is 0. The van der Waals surface area contributed by atoms with E-state index in [4.69, 9.17) is 4.42 Å². The summed E-state index contributed by atoms with van der Waals surface area (Å²) in [5, 5.41) is 11.7. The Kier molecular flexibility index (Phi) is 4.32. The number of fused-ring (bicyclic) bond motifs is 7. The second-order valence-electron chi connectivity index (χ2n) is 9.39. The number of benzene rings is 1. The van der Waals surface area contributed by atoms with Gasteiger partial charge in [0.25, 0.3) is 5.56 Å². The number of pyridine rings is 1. The standard InChI is InChI=1S/C25H26N2O4/c28-22-9-8-18-17-4-1-2-5-19(17)25(30)31-24(18)20(22)14-26-11-15-10-16(13-26)21-6-3-7-23(29)27(21)12-15/h3,6-9,15-16,28H,1-2,4-5,10-14H2/t15-,16+/m1/s1. The maximum atomic E-state index is 12.7. The van der Waals surface area contributed by atoms with E-state index in [1.165, 1.54) is 0 Å². The molecule has 31 heavy (non-hydrogen) atoms. The van der Waals surface area contributed by atoms with Gasteiger partial charge in [-0.25, -0.2) is 4.79 Å². The summed E-state index contributed by atoms with van der Waals surface area (Å²) in [5.74, 6) is 0.889. The number of phenols is 1. The molecule has 6 rings (SSSR count). The summed E-state index contributed by atoms with van der Waals surface area (Å²) >= 11 is 0. The van der Waals surface area contributed by atoms with Crippen LogP contribution in [0, 0.1) is 5.92 Å². The fourth-order valence-corrected chi connectivity index (χ4v) is 6.05. The molecule has 2 atom stereocenters. The van der Waals surface area contributed by atoms with Gasteiger partial charge in [0.05, 0.1) is 5.56 Å². The second-order valence-corrected chi connectivity index (χ2v) is 9.39. The van der Waals surface area contributed by atoms with E-state index in [9.17, 15) is 14.7 Å². The third-order valence-corrected chi connectivity index (χ3v) is 7.41. The van der Waals surface area contributed by atoms with Gasteiger partial charge in [0.15, 0.2) is 0 Å². The van der Waals surface area contributed by atoms with E-state index in [0.717, 1.165) is 73.9 Å². The Balaban J connectivity index is 1.38. The Bertz CT molecular complexity index is 1310. The van der Waals surface area contributed by atoms with Gasteiger partial charge in [0.2, 0.25) is 0 Å².